The molecule has 5 aromatic rings. The highest BCUT2D eigenvalue weighted by Crippen LogP contribution is 2.60. The van der Waals surface area contributed by atoms with Gasteiger partial charge in [0.1, 0.15) is 30.1 Å². The number of aromatic nitrogens is 2. The van der Waals surface area contributed by atoms with Gasteiger partial charge in [-0.1, -0.05) is 68.4 Å². The van der Waals surface area contributed by atoms with Crippen molar-refractivity contribution >= 4 is 39.5 Å². The highest BCUT2D eigenvalue weighted by molar-refractivity contribution is 9.10. The molecule has 8 rings (SSSR count). The molecule has 1 spiro atoms. The number of fused-ring (bicyclic) bond motifs is 4. The molecule has 0 aliphatic carbocycles. The van der Waals surface area contributed by atoms with Crippen molar-refractivity contribution in [3.8, 4) is 17.3 Å². The lowest BCUT2D eigenvalue weighted by Gasteiger charge is -2.28. The van der Waals surface area contributed by atoms with Crippen LogP contribution in [0.1, 0.15) is 70.7 Å². The van der Waals surface area contributed by atoms with Crippen LogP contribution in [0.2, 0.25) is 0 Å². The second kappa shape index (κ2) is 12.7. The fraction of sp³-hybridized carbons (Fsp3) is 0.289. The molecule has 2 N–H and O–H groups in total. The summed E-state index contributed by atoms with van der Waals surface area (Å²) in [4.78, 5) is 49.2. The third kappa shape index (κ3) is 5.47. The highest BCUT2D eigenvalue weighted by Gasteiger charge is 2.61. The first kappa shape index (κ1) is 32.8. The summed E-state index contributed by atoms with van der Waals surface area (Å²) in [7, 11) is 1.26. The number of anilines is 1. The van der Waals surface area contributed by atoms with E-state index in [1.807, 2.05) is 80.6 Å². The van der Waals surface area contributed by atoms with Crippen molar-refractivity contribution in [3.63, 3.8) is 0 Å². The molecule has 0 saturated heterocycles. The number of nitrogens with zero attached hydrogens (tertiary/aromatic N) is 2. The van der Waals surface area contributed by atoms with Crippen LogP contribution in [0.15, 0.2) is 86.3 Å². The SMILES string of the molecule is COC(=O)c1coc(-c2nc3oc2C24c5cc(ccc5O[C@@H]2Nc2c(Br)cccc24)C[C@H](CC(=O)OCc2ccccc2)C(=O)N[C@H]3C(C)C)n1. The van der Waals surface area contributed by atoms with E-state index in [0.29, 0.717) is 11.5 Å². The second-order valence-electron chi connectivity index (χ2n) is 13.2. The second-order valence-corrected chi connectivity index (χ2v) is 14.0. The molecule has 5 heterocycles. The van der Waals surface area contributed by atoms with E-state index in [1.165, 1.54) is 13.4 Å². The average molecular weight is 754 g/mol. The van der Waals surface area contributed by atoms with Crippen molar-refractivity contribution in [1.82, 2.24) is 15.3 Å². The molecule has 4 bridgehead atoms. The minimum Gasteiger partial charge on any atom is -0.469 e. The monoisotopic (exact) mass is 752 g/mol. The van der Waals surface area contributed by atoms with Gasteiger partial charge in [-0.3, -0.25) is 9.59 Å². The van der Waals surface area contributed by atoms with Crippen molar-refractivity contribution in [1.29, 1.82) is 0 Å². The maximum Gasteiger partial charge on any atom is 0.360 e. The zero-order valence-corrected chi connectivity index (χ0v) is 29.5. The molecule has 3 aliphatic heterocycles. The number of nitrogens with one attached hydrogen (secondary N) is 2. The third-order valence-electron chi connectivity index (χ3n) is 9.66. The van der Waals surface area contributed by atoms with Crippen LogP contribution in [0, 0.1) is 11.8 Å². The number of rotatable bonds is 7. The number of esters is 2. The van der Waals surface area contributed by atoms with Crippen LogP contribution in [-0.2, 0) is 37.5 Å². The van der Waals surface area contributed by atoms with Crippen molar-refractivity contribution in [3.05, 3.63) is 117 Å². The Morgan fingerprint density at radius 1 is 1.04 bits per heavy atom. The van der Waals surface area contributed by atoms with Gasteiger partial charge < -0.3 is 33.7 Å². The first-order chi connectivity index (χ1) is 24.7. The number of hydrogen-bond donors (Lipinski definition) is 2. The normalized spacial score (nSPS) is 21.4. The molecule has 3 aromatic carbocycles. The Morgan fingerprint density at radius 3 is 2.65 bits per heavy atom. The topological polar surface area (TPSA) is 155 Å². The number of benzene rings is 3. The number of ether oxygens (including phenoxy) is 3. The van der Waals surface area contributed by atoms with E-state index in [1.54, 1.807) is 0 Å². The van der Waals surface area contributed by atoms with E-state index in [2.05, 4.69) is 31.5 Å². The van der Waals surface area contributed by atoms with E-state index < -0.39 is 35.5 Å². The van der Waals surface area contributed by atoms with Gasteiger partial charge in [0, 0.05) is 15.6 Å². The third-order valence-corrected chi connectivity index (χ3v) is 10.3. The van der Waals surface area contributed by atoms with Gasteiger partial charge in [-0.05, 0) is 51.5 Å². The van der Waals surface area contributed by atoms with Gasteiger partial charge in [0.2, 0.25) is 17.7 Å². The molecule has 13 heteroatoms. The van der Waals surface area contributed by atoms with E-state index >= 15 is 0 Å². The van der Waals surface area contributed by atoms with Crippen LogP contribution in [0.5, 0.6) is 5.75 Å². The Kier molecular flexibility index (Phi) is 8.17. The molecule has 2 aromatic heterocycles. The van der Waals surface area contributed by atoms with Crippen molar-refractivity contribution in [2.45, 2.75) is 51.0 Å². The van der Waals surface area contributed by atoms with Crippen molar-refractivity contribution in [2.24, 2.45) is 11.8 Å². The molecule has 0 fully saturated rings. The molecule has 51 heavy (non-hydrogen) atoms. The summed E-state index contributed by atoms with van der Waals surface area (Å²) < 4.78 is 30.6. The van der Waals surface area contributed by atoms with Crippen LogP contribution in [0.3, 0.4) is 0 Å². The number of para-hydroxylation sites is 1. The Morgan fingerprint density at radius 2 is 1.86 bits per heavy atom. The summed E-state index contributed by atoms with van der Waals surface area (Å²) in [6.45, 7) is 3.98. The van der Waals surface area contributed by atoms with E-state index in [0.717, 1.165) is 32.4 Å². The van der Waals surface area contributed by atoms with E-state index in [-0.39, 0.29) is 54.4 Å². The number of halogens is 1. The lowest BCUT2D eigenvalue weighted by Crippen LogP contribution is -2.40. The lowest BCUT2D eigenvalue weighted by molar-refractivity contribution is -0.148. The van der Waals surface area contributed by atoms with E-state index in [4.69, 9.17) is 28.0 Å². The Balaban J connectivity index is 1.30. The molecule has 3 aliphatic rings. The first-order valence-corrected chi connectivity index (χ1v) is 17.4. The van der Waals surface area contributed by atoms with Crippen LogP contribution in [0.4, 0.5) is 5.69 Å². The molecular formula is C38H33BrN4O8. The summed E-state index contributed by atoms with van der Waals surface area (Å²) in [5.74, 6) is -1.27. The number of oxazole rings is 2. The molecule has 0 radical (unpaired) electrons. The minimum absolute atomic E-state index is 0.0318. The standard InChI is InChI=1S/C38H33BrN4O8/c1-19(2)29-35-42-31(34-40-26(18-49-34)36(46)47-3)32(51-35)38-23-10-7-11-25(39)30(23)43-37(38)50-27-13-12-21(15-24(27)38)14-22(33(45)41-29)16-28(44)48-17-20-8-5-4-6-9-20/h4-13,15,18-19,22,29,37,43H,14,16-17H2,1-3H3,(H,41,45)/t22-,29+,37+,38?/m1/s1. The summed E-state index contributed by atoms with van der Waals surface area (Å²) in [5, 5.41) is 6.67. The lowest BCUT2D eigenvalue weighted by atomic mass is 9.72. The van der Waals surface area contributed by atoms with Crippen molar-refractivity contribution in [2.75, 3.05) is 12.4 Å². The Bertz CT molecular complexity index is 2180. The fourth-order valence-corrected chi connectivity index (χ4v) is 7.66. The zero-order chi connectivity index (χ0) is 35.4. The first-order valence-electron chi connectivity index (χ1n) is 16.6. The molecular weight excluding hydrogens is 720 g/mol. The number of methoxy groups -OCH3 is 1. The van der Waals surface area contributed by atoms with Crippen LogP contribution in [0.25, 0.3) is 11.6 Å². The fourth-order valence-electron chi connectivity index (χ4n) is 7.18. The summed E-state index contributed by atoms with van der Waals surface area (Å²) in [6.07, 6.45) is 0.646. The predicted octanol–water partition coefficient (Wildman–Crippen LogP) is 6.48. The maximum absolute atomic E-state index is 14.1. The Hall–Kier alpha value is -5.43. The molecule has 4 atom stereocenters. The van der Waals surface area contributed by atoms with Gasteiger partial charge >= 0.3 is 11.9 Å². The summed E-state index contributed by atoms with van der Waals surface area (Å²) in [5.41, 5.74) is 3.18. The van der Waals surface area contributed by atoms with Gasteiger partial charge in [0.25, 0.3) is 0 Å². The van der Waals surface area contributed by atoms with Gasteiger partial charge in [0.05, 0.1) is 25.1 Å². The largest absolute Gasteiger partial charge is 0.469 e. The van der Waals surface area contributed by atoms with Crippen LogP contribution < -0.4 is 15.4 Å². The number of hydrogen-bond acceptors (Lipinski definition) is 11. The van der Waals surface area contributed by atoms with Gasteiger partial charge in [-0.15, -0.1) is 0 Å². The molecule has 1 amide bonds. The van der Waals surface area contributed by atoms with Crippen LogP contribution >= 0.6 is 15.9 Å². The smallest absolute Gasteiger partial charge is 0.360 e. The van der Waals surface area contributed by atoms with Gasteiger partial charge in [0.15, 0.2) is 23.4 Å². The molecule has 0 saturated carbocycles. The minimum atomic E-state index is -1.11. The molecule has 260 valence electrons. The van der Waals surface area contributed by atoms with Crippen molar-refractivity contribution < 1.29 is 37.4 Å². The number of carbonyl (C=O) groups excluding carboxylic acids is 3. The highest BCUT2D eigenvalue weighted by atomic mass is 79.9. The van der Waals surface area contributed by atoms with Gasteiger partial charge in [-0.2, -0.15) is 0 Å². The average Bonchev–Trinajstić information content (AvgIpc) is 3.91. The predicted molar refractivity (Wildman–Crippen MR) is 186 cm³/mol. The van der Waals surface area contributed by atoms with E-state index in [9.17, 15) is 14.4 Å². The zero-order valence-electron chi connectivity index (χ0n) is 27.9. The molecule has 12 nitrogen and oxygen atoms in total. The maximum atomic E-state index is 14.1. The summed E-state index contributed by atoms with van der Waals surface area (Å²) >= 11 is 3.71. The van der Waals surface area contributed by atoms with Gasteiger partial charge in [-0.25, -0.2) is 14.8 Å². The quantitative estimate of drug-likeness (QED) is 0.176. The summed E-state index contributed by atoms with van der Waals surface area (Å²) in [6, 6.07) is 20.3. The Labute approximate surface area is 301 Å². The number of amides is 1. The van der Waals surface area contributed by atoms with Crippen LogP contribution in [-0.4, -0.2) is 41.2 Å². The number of carbonyl (C=O) groups is 3. The molecule has 1 unspecified atom stereocenters.